The smallest absolute Gasteiger partial charge is 0.312 e. The Balaban J connectivity index is 2.26. The Kier molecular flexibility index (Phi) is 4.62. The van der Waals surface area contributed by atoms with Gasteiger partial charge in [0.05, 0.1) is 5.41 Å². The Hall–Kier alpha value is -3.07. The van der Waals surface area contributed by atoms with Gasteiger partial charge in [0.25, 0.3) is 0 Å². The highest BCUT2D eigenvalue weighted by Crippen LogP contribution is 2.38. The van der Waals surface area contributed by atoms with Gasteiger partial charge < -0.3 is 11.1 Å². The first kappa shape index (κ1) is 15.8. The van der Waals surface area contributed by atoms with Crippen LogP contribution in [0.5, 0.6) is 0 Å². The van der Waals surface area contributed by atoms with Crippen LogP contribution in [0, 0.1) is 0 Å². The van der Waals surface area contributed by atoms with Crippen molar-refractivity contribution in [1.82, 2.24) is 5.32 Å². The quantitative estimate of drug-likeness (QED) is 0.693. The number of primary amides is 1. The van der Waals surface area contributed by atoms with Crippen molar-refractivity contribution in [3.8, 4) is 0 Å². The molecule has 3 rings (SSSR count). The van der Waals surface area contributed by atoms with Gasteiger partial charge in [0.2, 0.25) is 0 Å². The molecule has 0 aromatic heterocycles. The van der Waals surface area contributed by atoms with E-state index in [0.29, 0.717) is 6.54 Å². The summed E-state index contributed by atoms with van der Waals surface area (Å²) >= 11 is 0. The third kappa shape index (κ3) is 3.01. The van der Waals surface area contributed by atoms with Crippen LogP contribution >= 0.6 is 0 Å². The molecule has 3 aromatic carbocycles. The number of urea groups is 1. The van der Waals surface area contributed by atoms with Crippen LogP contribution in [0.2, 0.25) is 0 Å². The van der Waals surface area contributed by atoms with Crippen molar-refractivity contribution < 1.29 is 4.79 Å². The molecular weight excluding hydrogens is 296 g/mol. The Labute approximate surface area is 142 Å². The maximum Gasteiger partial charge on any atom is 0.312 e. The summed E-state index contributed by atoms with van der Waals surface area (Å²) in [7, 11) is 0. The minimum atomic E-state index is -0.526. The highest BCUT2D eigenvalue weighted by atomic mass is 16.2. The molecule has 0 radical (unpaired) electrons. The van der Waals surface area contributed by atoms with Gasteiger partial charge in [-0.2, -0.15) is 0 Å². The first-order chi connectivity index (χ1) is 11.7. The van der Waals surface area contributed by atoms with Crippen molar-refractivity contribution in [3.05, 3.63) is 108 Å². The summed E-state index contributed by atoms with van der Waals surface area (Å²) in [5.41, 5.74) is 8.21. The van der Waals surface area contributed by atoms with E-state index in [2.05, 4.69) is 41.7 Å². The highest BCUT2D eigenvalue weighted by Gasteiger charge is 2.36. The SMILES string of the molecule is NC(=O)NCC(c1ccccc1)(c1ccccc1)c1ccccc1. The van der Waals surface area contributed by atoms with Crippen LogP contribution in [0.3, 0.4) is 0 Å². The van der Waals surface area contributed by atoms with Crippen LogP contribution in [0.25, 0.3) is 0 Å². The van der Waals surface area contributed by atoms with Gasteiger partial charge in [0, 0.05) is 6.54 Å². The van der Waals surface area contributed by atoms with Crippen LogP contribution in [-0.4, -0.2) is 12.6 Å². The van der Waals surface area contributed by atoms with Crippen LogP contribution in [0.15, 0.2) is 91.0 Å². The number of amides is 2. The van der Waals surface area contributed by atoms with Gasteiger partial charge in [0.1, 0.15) is 0 Å². The average Bonchev–Trinajstić information content (AvgIpc) is 2.65. The summed E-state index contributed by atoms with van der Waals surface area (Å²) in [4.78, 5) is 11.5. The number of carbonyl (C=O) groups excluding carboxylic acids is 1. The van der Waals surface area contributed by atoms with E-state index in [-0.39, 0.29) is 0 Å². The molecule has 0 saturated heterocycles. The lowest BCUT2D eigenvalue weighted by atomic mass is 9.69. The maximum atomic E-state index is 11.5. The maximum absolute atomic E-state index is 11.5. The number of benzene rings is 3. The molecule has 3 N–H and O–H groups in total. The molecule has 0 bridgehead atoms. The molecule has 24 heavy (non-hydrogen) atoms. The molecule has 3 nitrogen and oxygen atoms in total. The first-order valence-electron chi connectivity index (χ1n) is 7.93. The van der Waals surface area contributed by atoms with Crippen LogP contribution in [-0.2, 0) is 5.41 Å². The van der Waals surface area contributed by atoms with Crippen molar-refractivity contribution >= 4 is 6.03 Å². The molecule has 120 valence electrons. The predicted octanol–water partition coefficient (Wildman–Crippen LogP) is 3.69. The zero-order valence-electron chi connectivity index (χ0n) is 13.4. The van der Waals surface area contributed by atoms with Gasteiger partial charge in [-0.05, 0) is 16.7 Å². The minimum absolute atomic E-state index is 0.389. The molecule has 3 heteroatoms. The van der Waals surface area contributed by atoms with Crippen molar-refractivity contribution in [3.63, 3.8) is 0 Å². The number of nitrogens with two attached hydrogens (primary N) is 1. The Bertz CT molecular complexity index is 689. The van der Waals surface area contributed by atoms with E-state index < -0.39 is 11.4 Å². The van der Waals surface area contributed by atoms with Gasteiger partial charge in [0.15, 0.2) is 0 Å². The van der Waals surface area contributed by atoms with Crippen LogP contribution in [0.4, 0.5) is 4.79 Å². The van der Waals surface area contributed by atoms with E-state index in [1.165, 1.54) is 0 Å². The summed E-state index contributed by atoms with van der Waals surface area (Å²) in [5.74, 6) is 0. The molecule has 0 spiro atoms. The summed E-state index contributed by atoms with van der Waals surface area (Å²) in [5, 5.41) is 2.82. The topological polar surface area (TPSA) is 55.1 Å². The summed E-state index contributed by atoms with van der Waals surface area (Å²) < 4.78 is 0. The fraction of sp³-hybridized carbons (Fsp3) is 0.0952. The molecule has 0 aliphatic carbocycles. The second-order valence-corrected chi connectivity index (χ2v) is 5.72. The molecule has 0 saturated carbocycles. The monoisotopic (exact) mass is 316 g/mol. The first-order valence-corrected chi connectivity index (χ1v) is 7.93. The second-order valence-electron chi connectivity index (χ2n) is 5.72. The third-order valence-corrected chi connectivity index (χ3v) is 4.33. The zero-order valence-corrected chi connectivity index (χ0v) is 13.4. The minimum Gasteiger partial charge on any atom is -0.352 e. The predicted molar refractivity (Wildman–Crippen MR) is 96.8 cm³/mol. The fourth-order valence-electron chi connectivity index (χ4n) is 3.19. The van der Waals surface area contributed by atoms with Crippen molar-refractivity contribution in [2.45, 2.75) is 5.41 Å². The lowest BCUT2D eigenvalue weighted by Crippen LogP contribution is -2.44. The van der Waals surface area contributed by atoms with E-state index in [0.717, 1.165) is 16.7 Å². The molecule has 0 heterocycles. The van der Waals surface area contributed by atoms with Crippen LogP contribution in [0.1, 0.15) is 16.7 Å². The summed E-state index contributed by atoms with van der Waals surface area (Å²) in [6, 6.07) is 30.1. The lowest BCUT2D eigenvalue weighted by Gasteiger charge is -2.36. The van der Waals surface area contributed by atoms with Crippen LogP contribution < -0.4 is 11.1 Å². The Morgan fingerprint density at radius 1 is 0.708 bits per heavy atom. The third-order valence-electron chi connectivity index (χ3n) is 4.33. The molecule has 0 aliphatic heterocycles. The van der Waals surface area contributed by atoms with Crippen molar-refractivity contribution in [1.29, 1.82) is 0 Å². The van der Waals surface area contributed by atoms with E-state index in [1.807, 2.05) is 54.6 Å². The Morgan fingerprint density at radius 3 is 1.33 bits per heavy atom. The largest absolute Gasteiger partial charge is 0.352 e. The average molecular weight is 316 g/mol. The normalized spacial score (nSPS) is 11.0. The van der Waals surface area contributed by atoms with Gasteiger partial charge in [-0.1, -0.05) is 91.0 Å². The number of rotatable bonds is 5. The van der Waals surface area contributed by atoms with E-state index in [9.17, 15) is 4.79 Å². The van der Waals surface area contributed by atoms with Gasteiger partial charge in [-0.25, -0.2) is 4.79 Å². The molecule has 0 atom stereocenters. The number of nitrogens with one attached hydrogen (secondary N) is 1. The number of carbonyl (C=O) groups is 1. The van der Waals surface area contributed by atoms with Crippen molar-refractivity contribution in [2.24, 2.45) is 5.73 Å². The summed E-state index contributed by atoms with van der Waals surface area (Å²) in [6.45, 7) is 0.389. The van der Waals surface area contributed by atoms with Crippen molar-refractivity contribution in [2.75, 3.05) is 6.54 Å². The second kappa shape index (κ2) is 7.01. The van der Waals surface area contributed by atoms with E-state index in [4.69, 9.17) is 5.73 Å². The van der Waals surface area contributed by atoms with Gasteiger partial charge in [-0.3, -0.25) is 0 Å². The van der Waals surface area contributed by atoms with E-state index in [1.54, 1.807) is 0 Å². The van der Waals surface area contributed by atoms with E-state index >= 15 is 0 Å². The fourth-order valence-corrected chi connectivity index (χ4v) is 3.19. The molecular formula is C21H20N2O. The van der Waals surface area contributed by atoms with Gasteiger partial charge in [-0.15, -0.1) is 0 Å². The molecule has 0 aliphatic rings. The molecule has 3 aromatic rings. The Morgan fingerprint density at radius 2 is 1.04 bits per heavy atom. The molecule has 0 unspecified atom stereocenters. The molecule has 2 amide bonds. The standard InChI is InChI=1S/C21H20N2O/c22-20(24)23-16-21(17-10-4-1-5-11-17,18-12-6-2-7-13-18)19-14-8-3-9-15-19/h1-15H,16H2,(H3,22,23,24). The number of hydrogen-bond acceptors (Lipinski definition) is 1. The van der Waals surface area contributed by atoms with Gasteiger partial charge >= 0.3 is 6.03 Å². The lowest BCUT2D eigenvalue weighted by molar-refractivity contribution is 0.247. The highest BCUT2D eigenvalue weighted by molar-refractivity contribution is 5.72. The molecule has 0 fully saturated rings. The zero-order chi connectivity index (χ0) is 16.8. The summed E-state index contributed by atoms with van der Waals surface area (Å²) in [6.07, 6.45) is 0. The number of hydrogen-bond donors (Lipinski definition) is 2.